The number of aliphatic hydroxyl groups excluding tert-OH is 1. The maximum Gasteiger partial charge on any atom is 0.0588 e. The Balaban J connectivity index is 3.63. The van der Waals surface area contributed by atoms with Gasteiger partial charge < -0.3 is 9.84 Å². The van der Waals surface area contributed by atoms with E-state index < -0.39 is 0 Å². The molecule has 0 radical (unpaired) electrons. The molecule has 0 saturated carbocycles. The summed E-state index contributed by atoms with van der Waals surface area (Å²) >= 11 is 0. The second kappa shape index (κ2) is 5.61. The summed E-state index contributed by atoms with van der Waals surface area (Å²) in [5.41, 5.74) is 0.00674. The average molecular weight is 188 g/mol. The molecule has 0 spiro atoms. The quantitative estimate of drug-likeness (QED) is 0.718. The number of ether oxygens (including phenoxy) is 1. The van der Waals surface area contributed by atoms with Crippen LogP contribution in [0.15, 0.2) is 0 Å². The first-order chi connectivity index (χ1) is 5.88. The smallest absolute Gasteiger partial charge is 0.0588 e. The van der Waals surface area contributed by atoms with Crippen LogP contribution >= 0.6 is 0 Å². The molecule has 0 fully saturated rings. The van der Waals surface area contributed by atoms with Crippen LogP contribution in [0.2, 0.25) is 0 Å². The van der Waals surface area contributed by atoms with E-state index in [1.54, 1.807) is 7.11 Å². The molecule has 0 aromatic rings. The molecule has 0 amide bonds. The molecule has 0 bridgehead atoms. The second-order valence-corrected chi connectivity index (χ2v) is 5.02. The summed E-state index contributed by atoms with van der Waals surface area (Å²) in [6, 6.07) is 0. The molecule has 1 N–H and O–H groups in total. The molecule has 0 aliphatic carbocycles. The highest BCUT2D eigenvalue weighted by Crippen LogP contribution is 2.24. The van der Waals surface area contributed by atoms with Gasteiger partial charge in [0.1, 0.15) is 0 Å². The van der Waals surface area contributed by atoms with Gasteiger partial charge in [-0.3, -0.25) is 0 Å². The van der Waals surface area contributed by atoms with Gasteiger partial charge in [-0.15, -0.1) is 0 Å². The van der Waals surface area contributed by atoms with E-state index in [9.17, 15) is 5.11 Å². The minimum atomic E-state index is -0.202. The molecule has 0 aliphatic rings. The van der Waals surface area contributed by atoms with Gasteiger partial charge in [0.2, 0.25) is 0 Å². The lowest BCUT2D eigenvalue weighted by Gasteiger charge is -2.26. The standard InChI is InChI=1S/C11H24O2/c1-9(8-13-5)6-7-10(12)11(2,3)4/h9-10,12H,6-8H2,1-5H3. The van der Waals surface area contributed by atoms with Gasteiger partial charge in [0.15, 0.2) is 0 Å². The summed E-state index contributed by atoms with van der Waals surface area (Å²) in [4.78, 5) is 0. The van der Waals surface area contributed by atoms with Crippen molar-refractivity contribution in [3.05, 3.63) is 0 Å². The molecule has 2 atom stereocenters. The summed E-state index contributed by atoms with van der Waals surface area (Å²) in [5, 5.41) is 9.76. The molecule has 0 aromatic carbocycles. The van der Waals surface area contributed by atoms with Crippen LogP contribution in [0, 0.1) is 11.3 Å². The molecule has 0 rings (SSSR count). The van der Waals surface area contributed by atoms with Crippen molar-refractivity contribution in [1.29, 1.82) is 0 Å². The normalized spacial score (nSPS) is 17.1. The van der Waals surface area contributed by atoms with Gasteiger partial charge in [0.05, 0.1) is 6.10 Å². The number of hydrogen-bond acceptors (Lipinski definition) is 2. The summed E-state index contributed by atoms with van der Waals surface area (Å²) < 4.78 is 5.04. The van der Waals surface area contributed by atoms with Crippen molar-refractivity contribution in [2.75, 3.05) is 13.7 Å². The van der Waals surface area contributed by atoms with Crippen LogP contribution in [0.1, 0.15) is 40.5 Å². The van der Waals surface area contributed by atoms with Gasteiger partial charge in [-0.1, -0.05) is 27.7 Å². The first-order valence-corrected chi connectivity index (χ1v) is 5.05. The molecule has 80 valence electrons. The van der Waals surface area contributed by atoms with E-state index in [1.165, 1.54) is 0 Å². The SMILES string of the molecule is COCC(C)CCC(O)C(C)(C)C. The molecule has 0 aromatic heterocycles. The van der Waals surface area contributed by atoms with E-state index in [2.05, 4.69) is 27.7 Å². The zero-order valence-electron chi connectivity index (χ0n) is 9.63. The van der Waals surface area contributed by atoms with Gasteiger partial charge in [0.25, 0.3) is 0 Å². The average Bonchev–Trinajstić information content (AvgIpc) is 1.99. The Morgan fingerprint density at radius 2 is 1.77 bits per heavy atom. The molecule has 13 heavy (non-hydrogen) atoms. The Morgan fingerprint density at radius 3 is 2.15 bits per heavy atom. The predicted octanol–water partition coefficient (Wildman–Crippen LogP) is 2.46. The van der Waals surface area contributed by atoms with E-state index in [0.29, 0.717) is 5.92 Å². The van der Waals surface area contributed by atoms with E-state index in [0.717, 1.165) is 19.4 Å². The Hall–Kier alpha value is -0.0800. The molecule has 0 aliphatic heterocycles. The Kier molecular flexibility index (Phi) is 5.57. The predicted molar refractivity (Wildman–Crippen MR) is 55.7 cm³/mol. The van der Waals surface area contributed by atoms with Crippen LogP contribution in [0.25, 0.3) is 0 Å². The first-order valence-electron chi connectivity index (χ1n) is 5.05. The first kappa shape index (κ1) is 12.9. The van der Waals surface area contributed by atoms with Crippen molar-refractivity contribution in [2.24, 2.45) is 11.3 Å². The highest BCUT2D eigenvalue weighted by molar-refractivity contribution is 4.73. The third-order valence-electron chi connectivity index (χ3n) is 2.38. The van der Waals surface area contributed by atoms with Crippen molar-refractivity contribution in [1.82, 2.24) is 0 Å². The van der Waals surface area contributed by atoms with Gasteiger partial charge in [0, 0.05) is 13.7 Å². The van der Waals surface area contributed by atoms with Crippen LogP contribution in [0.5, 0.6) is 0 Å². The van der Waals surface area contributed by atoms with Crippen molar-refractivity contribution in [2.45, 2.75) is 46.6 Å². The number of hydrogen-bond donors (Lipinski definition) is 1. The molecular weight excluding hydrogens is 164 g/mol. The van der Waals surface area contributed by atoms with E-state index >= 15 is 0 Å². The Bertz CT molecular complexity index is 127. The number of aliphatic hydroxyl groups is 1. The number of methoxy groups -OCH3 is 1. The topological polar surface area (TPSA) is 29.5 Å². The Labute approximate surface area is 82.3 Å². The third-order valence-corrected chi connectivity index (χ3v) is 2.38. The van der Waals surface area contributed by atoms with Gasteiger partial charge in [-0.2, -0.15) is 0 Å². The fraction of sp³-hybridized carbons (Fsp3) is 1.00. The van der Waals surface area contributed by atoms with Crippen molar-refractivity contribution < 1.29 is 9.84 Å². The summed E-state index contributed by atoms with van der Waals surface area (Å²) in [6.07, 6.45) is 1.70. The molecule has 2 unspecified atom stereocenters. The molecule has 2 heteroatoms. The lowest BCUT2D eigenvalue weighted by Crippen LogP contribution is -2.26. The highest BCUT2D eigenvalue weighted by atomic mass is 16.5. The summed E-state index contributed by atoms with van der Waals surface area (Å²) in [7, 11) is 1.72. The molecular formula is C11H24O2. The van der Waals surface area contributed by atoms with Crippen LogP contribution in [-0.2, 0) is 4.74 Å². The van der Waals surface area contributed by atoms with Gasteiger partial charge in [-0.05, 0) is 24.2 Å². The maximum absolute atomic E-state index is 9.76. The largest absolute Gasteiger partial charge is 0.393 e. The summed E-state index contributed by atoms with van der Waals surface area (Å²) in [6.45, 7) is 9.14. The highest BCUT2D eigenvalue weighted by Gasteiger charge is 2.22. The van der Waals surface area contributed by atoms with Crippen molar-refractivity contribution >= 4 is 0 Å². The minimum absolute atomic E-state index is 0.00674. The minimum Gasteiger partial charge on any atom is -0.393 e. The zero-order chi connectivity index (χ0) is 10.5. The maximum atomic E-state index is 9.76. The van der Waals surface area contributed by atoms with Crippen LogP contribution in [0.3, 0.4) is 0 Å². The monoisotopic (exact) mass is 188 g/mol. The summed E-state index contributed by atoms with van der Waals surface area (Å²) in [5.74, 6) is 0.544. The van der Waals surface area contributed by atoms with Gasteiger partial charge in [-0.25, -0.2) is 0 Å². The number of rotatable bonds is 5. The zero-order valence-corrected chi connectivity index (χ0v) is 9.63. The lowest BCUT2D eigenvalue weighted by molar-refractivity contribution is 0.0457. The molecule has 0 heterocycles. The van der Waals surface area contributed by atoms with Crippen molar-refractivity contribution in [3.63, 3.8) is 0 Å². The van der Waals surface area contributed by atoms with Crippen LogP contribution < -0.4 is 0 Å². The van der Waals surface area contributed by atoms with E-state index in [1.807, 2.05) is 0 Å². The third kappa shape index (κ3) is 6.05. The van der Waals surface area contributed by atoms with Gasteiger partial charge >= 0.3 is 0 Å². The van der Waals surface area contributed by atoms with Crippen molar-refractivity contribution in [3.8, 4) is 0 Å². The molecule has 0 saturated heterocycles. The lowest BCUT2D eigenvalue weighted by atomic mass is 9.85. The van der Waals surface area contributed by atoms with Crippen LogP contribution in [0.4, 0.5) is 0 Å². The van der Waals surface area contributed by atoms with E-state index in [-0.39, 0.29) is 11.5 Å². The van der Waals surface area contributed by atoms with E-state index in [4.69, 9.17) is 4.74 Å². The fourth-order valence-electron chi connectivity index (χ4n) is 1.24. The fourth-order valence-corrected chi connectivity index (χ4v) is 1.24. The Morgan fingerprint density at radius 1 is 1.23 bits per heavy atom. The van der Waals surface area contributed by atoms with Crippen LogP contribution in [-0.4, -0.2) is 24.9 Å². The second-order valence-electron chi connectivity index (χ2n) is 5.02. The molecule has 2 nitrogen and oxygen atoms in total.